The van der Waals surface area contributed by atoms with Gasteiger partial charge in [0.15, 0.2) is 0 Å². The highest BCUT2D eigenvalue weighted by molar-refractivity contribution is 6.19. The van der Waals surface area contributed by atoms with Crippen LogP contribution in [0.25, 0.3) is 44.5 Å². The Morgan fingerprint density at radius 2 is 0.605 bits per heavy atom. The summed E-state index contributed by atoms with van der Waals surface area (Å²) in [6.07, 6.45) is 0. The predicted molar refractivity (Wildman–Crippen MR) is 151 cm³/mol. The first-order valence-electron chi connectivity index (χ1n) is 12.3. The van der Waals surface area contributed by atoms with Gasteiger partial charge in [-0.2, -0.15) is 0 Å². The molecule has 0 aliphatic carbocycles. The van der Waals surface area contributed by atoms with Crippen LogP contribution in [0, 0.1) is 0 Å². The summed E-state index contributed by atoms with van der Waals surface area (Å²) in [7, 11) is 2.76. The number of hydrogen-bond acceptors (Lipinski definition) is 4. The molecule has 0 saturated carbocycles. The maximum Gasteiger partial charge on any atom is 0.339 e. The van der Waals surface area contributed by atoms with Crippen molar-refractivity contribution in [2.75, 3.05) is 14.2 Å². The molecule has 186 valence electrons. The lowest BCUT2D eigenvalue weighted by molar-refractivity contribution is 0.0589. The third kappa shape index (κ3) is 4.48. The number of ether oxygens (including phenoxy) is 2. The van der Waals surface area contributed by atoms with Crippen LogP contribution in [0.5, 0.6) is 0 Å². The van der Waals surface area contributed by atoms with Crippen molar-refractivity contribution in [2.24, 2.45) is 0 Å². The normalized spacial score (nSPS) is 10.6. The van der Waals surface area contributed by atoms with Gasteiger partial charge >= 0.3 is 11.9 Å². The van der Waals surface area contributed by atoms with E-state index < -0.39 is 11.9 Å². The first kappa shape index (κ1) is 24.7. The van der Waals surface area contributed by atoms with Crippen molar-refractivity contribution in [1.29, 1.82) is 0 Å². The van der Waals surface area contributed by atoms with Crippen molar-refractivity contribution >= 4 is 11.9 Å². The Labute approximate surface area is 222 Å². The lowest BCUT2D eigenvalue weighted by Crippen LogP contribution is -2.15. The monoisotopic (exact) mass is 498 g/mol. The number of rotatable bonds is 6. The van der Waals surface area contributed by atoms with Crippen molar-refractivity contribution in [3.05, 3.63) is 132 Å². The first-order valence-corrected chi connectivity index (χ1v) is 12.3. The van der Waals surface area contributed by atoms with Gasteiger partial charge in [-0.05, 0) is 22.3 Å². The zero-order valence-electron chi connectivity index (χ0n) is 21.2. The molecule has 0 atom stereocenters. The zero-order chi connectivity index (χ0) is 26.5. The summed E-state index contributed by atoms with van der Waals surface area (Å²) in [5.41, 5.74) is 6.37. The van der Waals surface area contributed by atoms with Crippen molar-refractivity contribution in [2.45, 2.75) is 0 Å². The Morgan fingerprint density at radius 1 is 0.395 bits per heavy atom. The highest BCUT2D eigenvalue weighted by Crippen LogP contribution is 2.49. The molecule has 0 N–H and O–H groups in total. The van der Waals surface area contributed by atoms with E-state index in [9.17, 15) is 9.59 Å². The Balaban J connectivity index is 2.13. The molecule has 0 radical (unpaired) electrons. The van der Waals surface area contributed by atoms with E-state index in [1.165, 1.54) is 14.2 Å². The molecule has 4 nitrogen and oxygen atoms in total. The molecule has 5 aromatic rings. The highest BCUT2D eigenvalue weighted by atomic mass is 16.5. The van der Waals surface area contributed by atoms with E-state index in [0.29, 0.717) is 33.4 Å². The van der Waals surface area contributed by atoms with Crippen LogP contribution >= 0.6 is 0 Å². The Morgan fingerprint density at radius 3 is 0.789 bits per heavy atom. The molecule has 0 heterocycles. The second kappa shape index (κ2) is 11.0. The van der Waals surface area contributed by atoms with Crippen molar-refractivity contribution in [1.82, 2.24) is 0 Å². The Hall–Kier alpha value is -4.96. The van der Waals surface area contributed by atoms with E-state index in [4.69, 9.17) is 9.47 Å². The zero-order valence-corrected chi connectivity index (χ0v) is 21.2. The maximum absolute atomic E-state index is 13.8. The van der Waals surface area contributed by atoms with Crippen LogP contribution in [-0.2, 0) is 9.47 Å². The van der Waals surface area contributed by atoms with Crippen LogP contribution < -0.4 is 0 Å². The minimum atomic E-state index is -0.492. The van der Waals surface area contributed by atoms with Crippen LogP contribution in [0.1, 0.15) is 20.7 Å². The summed E-state index contributed by atoms with van der Waals surface area (Å²) in [6, 6.07) is 38.5. The molecule has 4 heteroatoms. The molecule has 38 heavy (non-hydrogen) atoms. The van der Waals surface area contributed by atoms with Crippen LogP contribution in [0.4, 0.5) is 0 Å². The van der Waals surface area contributed by atoms with E-state index in [2.05, 4.69) is 0 Å². The van der Waals surface area contributed by atoms with E-state index >= 15 is 0 Å². The number of carbonyl (C=O) groups is 2. The predicted octanol–water partition coefficient (Wildman–Crippen LogP) is 7.93. The van der Waals surface area contributed by atoms with Gasteiger partial charge in [0.1, 0.15) is 0 Å². The second-order valence-electron chi connectivity index (χ2n) is 8.70. The Kier molecular flexibility index (Phi) is 7.14. The fourth-order valence-electron chi connectivity index (χ4n) is 4.94. The molecule has 0 fully saturated rings. The van der Waals surface area contributed by atoms with Gasteiger partial charge < -0.3 is 9.47 Å². The standard InChI is InChI=1S/C34H26O4/c1-37-33(35)31-27(23-15-7-3-8-16-23)29(25-19-11-5-12-20-25)32(34(36)38-2)30(26-21-13-6-14-22-26)28(31)24-17-9-4-10-18-24/h3-22H,1-2H3. The van der Waals surface area contributed by atoms with Crippen LogP contribution in [0.2, 0.25) is 0 Å². The summed E-state index contributed by atoms with van der Waals surface area (Å²) >= 11 is 0. The molecular formula is C34H26O4. The average molecular weight is 499 g/mol. The smallest absolute Gasteiger partial charge is 0.339 e. The van der Waals surface area contributed by atoms with Crippen molar-refractivity contribution in [3.8, 4) is 44.5 Å². The first-order chi connectivity index (χ1) is 18.7. The lowest BCUT2D eigenvalue weighted by Gasteiger charge is -2.26. The minimum Gasteiger partial charge on any atom is -0.465 e. The van der Waals surface area contributed by atoms with E-state index in [0.717, 1.165) is 22.3 Å². The summed E-state index contributed by atoms with van der Waals surface area (Å²) < 4.78 is 10.8. The number of carbonyl (C=O) groups excluding carboxylic acids is 2. The molecule has 0 unspecified atom stereocenters. The van der Waals surface area contributed by atoms with Gasteiger partial charge in [-0.1, -0.05) is 121 Å². The second-order valence-corrected chi connectivity index (χ2v) is 8.70. The fraction of sp³-hybridized carbons (Fsp3) is 0.0588. The van der Waals surface area contributed by atoms with Gasteiger partial charge in [-0.3, -0.25) is 0 Å². The van der Waals surface area contributed by atoms with Gasteiger partial charge in [-0.15, -0.1) is 0 Å². The largest absolute Gasteiger partial charge is 0.465 e. The highest BCUT2D eigenvalue weighted by Gasteiger charge is 2.33. The maximum atomic E-state index is 13.8. The number of hydrogen-bond donors (Lipinski definition) is 0. The average Bonchev–Trinajstić information content (AvgIpc) is 3.00. The molecule has 0 spiro atoms. The van der Waals surface area contributed by atoms with Gasteiger partial charge in [0, 0.05) is 22.3 Å². The van der Waals surface area contributed by atoms with Crippen LogP contribution in [-0.4, -0.2) is 26.2 Å². The Bertz CT molecular complexity index is 1350. The van der Waals surface area contributed by atoms with Crippen molar-refractivity contribution < 1.29 is 19.1 Å². The molecule has 0 aliphatic heterocycles. The SMILES string of the molecule is COC(=O)c1c(-c2ccccc2)c(-c2ccccc2)c(C(=O)OC)c(-c2ccccc2)c1-c1ccccc1. The number of esters is 2. The molecule has 5 rings (SSSR count). The van der Waals surface area contributed by atoms with Gasteiger partial charge in [0.05, 0.1) is 25.3 Å². The molecule has 0 amide bonds. The number of benzene rings is 5. The van der Waals surface area contributed by atoms with E-state index in [1.807, 2.05) is 121 Å². The van der Waals surface area contributed by atoms with Gasteiger partial charge in [-0.25, -0.2) is 9.59 Å². The summed E-state index contributed by atoms with van der Waals surface area (Å²) in [5.74, 6) is -0.984. The van der Waals surface area contributed by atoms with Crippen LogP contribution in [0.3, 0.4) is 0 Å². The van der Waals surface area contributed by atoms with Crippen LogP contribution in [0.15, 0.2) is 121 Å². The topological polar surface area (TPSA) is 52.6 Å². The van der Waals surface area contributed by atoms with Gasteiger partial charge in [0.25, 0.3) is 0 Å². The lowest BCUT2D eigenvalue weighted by atomic mass is 9.77. The molecule has 0 aliphatic rings. The molecule has 0 bridgehead atoms. The van der Waals surface area contributed by atoms with Crippen molar-refractivity contribution in [3.63, 3.8) is 0 Å². The molecule has 0 aromatic heterocycles. The molecular weight excluding hydrogens is 472 g/mol. The van der Waals surface area contributed by atoms with E-state index in [1.54, 1.807) is 0 Å². The third-order valence-electron chi connectivity index (χ3n) is 6.53. The quantitative estimate of drug-likeness (QED) is 0.223. The van der Waals surface area contributed by atoms with Gasteiger partial charge in [0.2, 0.25) is 0 Å². The summed E-state index contributed by atoms with van der Waals surface area (Å²) in [5, 5.41) is 0. The molecule has 5 aromatic carbocycles. The third-order valence-corrected chi connectivity index (χ3v) is 6.53. The summed E-state index contributed by atoms with van der Waals surface area (Å²) in [6.45, 7) is 0. The molecule has 0 saturated heterocycles. The minimum absolute atomic E-state index is 0.384. The van der Waals surface area contributed by atoms with E-state index in [-0.39, 0.29) is 0 Å². The summed E-state index contributed by atoms with van der Waals surface area (Å²) in [4.78, 5) is 27.6. The number of methoxy groups -OCH3 is 2. The fourth-order valence-corrected chi connectivity index (χ4v) is 4.94.